The number of para-hydroxylation sites is 2. The van der Waals surface area contributed by atoms with Gasteiger partial charge in [-0.1, -0.05) is 41.6 Å². The van der Waals surface area contributed by atoms with E-state index in [1.807, 2.05) is 31.2 Å². The summed E-state index contributed by atoms with van der Waals surface area (Å²) in [4.78, 5) is 25.5. The van der Waals surface area contributed by atoms with E-state index in [1.54, 1.807) is 18.2 Å². The van der Waals surface area contributed by atoms with Gasteiger partial charge >= 0.3 is 6.03 Å². The van der Waals surface area contributed by atoms with Crippen LogP contribution in [0.15, 0.2) is 59.2 Å². The van der Waals surface area contributed by atoms with Gasteiger partial charge < -0.3 is 25.4 Å². The largest absolute Gasteiger partial charge is 0.495 e. The Morgan fingerprint density at radius 2 is 2.00 bits per heavy atom. The Hall–Kier alpha value is -3.00. The van der Waals surface area contributed by atoms with E-state index in [0.29, 0.717) is 35.1 Å². The fourth-order valence-electron chi connectivity index (χ4n) is 3.32. The first kappa shape index (κ1) is 21.7. The number of urea groups is 1. The Morgan fingerprint density at radius 1 is 1.23 bits per heavy atom. The summed E-state index contributed by atoms with van der Waals surface area (Å²) in [5.41, 5.74) is 1.52. The second kappa shape index (κ2) is 9.67. The normalized spacial score (nSPS) is 18.2. The molecule has 158 valence electrons. The van der Waals surface area contributed by atoms with Crippen LogP contribution in [0.25, 0.3) is 0 Å². The molecule has 0 aromatic heterocycles. The molecule has 3 rings (SSSR count). The van der Waals surface area contributed by atoms with Crippen LogP contribution < -0.4 is 25.4 Å². The molecule has 0 aliphatic carbocycles. The van der Waals surface area contributed by atoms with Gasteiger partial charge in [-0.25, -0.2) is 4.79 Å². The van der Waals surface area contributed by atoms with Crippen molar-refractivity contribution in [1.29, 1.82) is 0 Å². The molecule has 1 aliphatic heterocycles. The van der Waals surface area contributed by atoms with Crippen LogP contribution >= 0.6 is 15.9 Å². The third kappa shape index (κ3) is 4.76. The number of methoxy groups -OCH3 is 1. The van der Waals surface area contributed by atoms with Crippen molar-refractivity contribution in [1.82, 2.24) is 10.6 Å². The van der Waals surface area contributed by atoms with Crippen molar-refractivity contribution >= 4 is 33.6 Å². The highest BCUT2D eigenvalue weighted by Crippen LogP contribution is 2.37. The SMILES string of the molecule is C=C1NC(=O)N[C@@H](c2cc(Br)ccc2OCCC)[C@H]1C(=O)Nc1ccccc1OC. The lowest BCUT2D eigenvalue weighted by Gasteiger charge is -2.34. The summed E-state index contributed by atoms with van der Waals surface area (Å²) in [5, 5.41) is 8.35. The molecule has 1 heterocycles. The van der Waals surface area contributed by atoms with Gasteiger partial charge in [0.05, 0.1) is 25.4 Å². The van der Waals surface area contributed by atoms with Crippen LogP contribution in [0.3, 0.4) is 0 Å². The Bertz CT molecular complexity index is 963. The summed E-state index contributed by atoms with van der Waals surface area (Å²) >= 11 is 3.47. The number of rotatable bonds is 7. The second-order valence-electron chi connectivity index (χ2n) is 6.80. The molecule has 30 heavy (non-hydrogen) atoms. The van der Waals surface area contributed by atoms with E-state index in [2.05, 4.69) is 38.5 Å². The van der Waals surface area contributed by atoms with Crippen LogP contribution in [0.4, 0.5) is 10.5 Å². The van der Waals surface area contributed by atoms with Crippen LogP contribution in [0, 0.1) is 5.92 Å². The average Bonchev–Trinajstić information content (AvgIpc) is 2.72. The van der Waals surface area contributed by atoms with Gasteiger partial charge in [-0.3, -0.25) is 4.79 Å². The molecule has 0 spiro atoms. The van der Waals surface area contributed by atoms with E-state index >= 15 is 0 Å². The van der Waals surface area contributed by atoms with Crippen LogP contribution in [0.1, 0.15) is 24.9 Å². The molecule has 3 N–H and O–H groups in total. The monoisotopic (exact) mass is 473 g/mol. The second-order valence-corrected chi connectivity index (χ2v) is 7.71. The predicted molar refractivity (Wildman–Crippen MR) is 119 cm³/mol. The number of carbonyl (C=O) groups is 2. The molecular formula is C22H24BrN3O4. The van der Waals surface area contributed by atoms with E-state index in [9.17, 15) is 9.59 Å². The van der Waals surface area contributed by atoms with Crippen molar-refractivity contribution < 1.29 is 19.1 Å². The Kier molecular flexibility index (Phi) is 6.99. The third-order valence-corrected chi connectivity index (χ3v) is 5.18. The quantitative estimate of drug-likeness (QED) is 0.556. The lowest BCUT2D eigenvalue weighted by atomic mass is 9.87. The summed E-state index contributed by atoms with van der Waals surface area (Å²) in [6, 6.07) is 11.6. The van der Waals surface area contributed by atoms with Gasteiger partial charge in [0.25, 0.3) is 0 Å². The molecular weight excluding hydrogens is 450 g/mol. The van der Waals surface area contributed by atoms with Crippen LogP contribution in [-0.2, 0) is 4.79 Å². The molecule has 0 bridgehead atoms. The molecule has 8 heteroatoms. The van der Waals surface area contributed by atoms with Gasteiger partial charge in [-0.2, -0.15) is 0 Å². The highest BCUT2D eigenvalue weighted by molar-refractivity contribution is 9.10. The zero-order valence-electron chi connectivity index (χ0n) is 16.8. The number of nitrogens with one attached hydrogen (secondary N) is 3. The van der Waals surface area contributed by atoms with Gasteiger partial charge in [0.15, 0.2) is 0 Å². The standard InChI is InChI=1S/C22H24BrN3O4/c1-4-11-30-17-10-9-14(23)12-15(17)20-19(13(2)24-22(28)26-20)21(27)25-16-7-5-6-8-18(16)29-3/h5-10,12,19-20H,2,4,11H2,1,3H3,(H,25,27)(H2,24,26,28)/t19-,20-/m0/s1. The minimum absolute atomic E-state index is 0.303. The first-order chi connectivity index (χ1) is 14.4. The molecule has 0 radical (unpaired) electrons. The van der Waals surface area contributed by atoms with Crippen LogP contribution in [0.2, 0.25) is 0 Å². The first-order valence-corrected chi connectivity index (χ1v) is 10.4. The van der Waals surface area contributed by atoms with Crippen molar-refractivity contribution in [3.05, 3.63) is 64.8 Å². The lowest BCUT2D eigenvalue weighted by Crippen LogP contribution is -2.52. The lowest BCUT2D eigenvalue weighted by molar-refractivity contribution is -0.119. The fourth-order valence-corrected chi connectivity index (χ4v) is 3.70. The molecule has 1 saturated heterocycles. The van der Waals surface area contributed by atoms with Gasteiger partial charge in [0.1, 0.15) is 17.4 Å². The van der Waals surface area contributed by atoms with Gasteiger partial charge in [0.2, 0.25) is 5.91 Å². The number of carbonyl (C=O) groups excluding carboxylic acids is 2. The maximum Gasteiger partial charge on any atom is 0.319 e. The number of ether oxygens (including phenoxy) is 2. The highest BCUT2D eigenvalue weighted by Gasteiger charge is 2.39. The number of hydrogen-bond acceptors (Lipinski definition) is 4. The first-order valence-electron chi connectivity index (χ1n) is 9.57. The molecule has 0 unspecified atom stereocenters. The highest BCUT2D eigenvalue weighted by atomic mass is 79.9. The maximum atomic E-state index is 13.3. The van der Waals surface area contributed by atoms with Crippen LogP contribution in [0.5, 0.6) is 11.5 Å². The minimum Gasteiger partial charge on any atom is -0.495 e. The number of amides is 3. The summed E-state index contributed by atoms with van der Waals surface area (Å²) in [7, 11) is 1.54. The van der Waals surface area contributed by atoms with E-state index in [4.69, 9.17) is 9.47 Å². The van der Waals surface area contributed by atoms with Crippen molar-refractivity contribution in [2.45, 2.75) is 19.4 Å². The van der Waals surface area contributed by atoms with Gasteiger partial charge in [-0.15, -0.1) is 0 Å². The molecule has 2 aromatic rings. The zero-order valence-corrected chi connectivity index (χ0v) is 18.4. The van der Waals surface area contributed by atoms with Crippen LogP contribution in [-0.4, -0.2) is 25.7 Å². The molecule has 2 aromatic carbocycles. The summed E-state index contributed by atoms with van der Waals surface area (Å²) in [5.74, 6) is 0.0414. The van der Waals surface area contributed by atoms with E-state index in [-0.39, 0.29) is 5.91 Å². The molecule has 2 atom stereocenters. The van der Waals surface area contributed by atoms with E-state index in [0.717, 1.165) is 10.9 Å². The number of anilines is 1. The maximum absolute atomic E-state index is 13.3. The topological polar surface area (TPSA) is 88.7 Å². The average molecular weight is 474 g/mol. The minimum atomic E-state index is -0.772. The van der Waals surface area contributed by atoms with Crippen molar-refractivity contribution in [3.8, 4) is 11.5 Å². The number of hydrogen-bond donors (Lipinski definition) is 3. The fraction of sp³-hybridized carbons (Fsp3) is 0.273. The van der Waals surface area contributed by atoms with E-state index in [1.165, 1.54) is 7.11 Å². The summed E-state index contributed by atoms with van der Waals surface area (Å²) in [6.07, 6.45) is 0.832. The molecule has 7 nitrogen and oxygen atoms in total. The molecule has 1 aliphatic rings. The Balaban J connectivity index is 1.97. The van der Waals surface area contributed by atoms with Gasteiger partial charge in [-0.05, 0) is 36.8 Å². The predicted octanol–water partition coefficient (Wildman–Crippen LogP) is 4.37. The van der Waals surface area contributed by atoms with Gasteiger partial charge in [0, 0.05) is 15.7 Å². The summed E-state index contributed by atoms with van der Waals surface area (Å²) < 4.78 is 12.0. The smallest absolute Gasteiger partial charge is 0.319 e. The Morgan fingerprint density at radius 3 is 2.73 bits per heavy atom. The molecule has 0 saturated carbocycles. The third-order valence-electron chi connectivity index (χ3n) is 4.69. The molecule has 3 amide bonds. The van der Waals surface area contributed by atoms with Crippen molar-refractivity contribution in [3.63, 3.8) is 0 Å². The van der Waals surface area contributed by atoms with E-state index < -0.39 is 18.0 Å². The number of halogens is 1. The Labute approximate surface area is 184 Å². The summed E-state index contributed by atoms with van der Waals surface area (Å²) in [6.45, 7) is 6.46. The molecule has 1 fully saturated rings. The number of benzene rings is 2. The van der Waals surface area contributed by atoms with Crippen molar-refractivity contribution in [2.75, 3.05) is 19.0 Å². The van der Waals surface area contributed by atoms with Crippen molar-refractivity contribution in [2.24, 2.45) is 5.92 Å². The zero-order chi connectivity index (χ0) is 21.7.